The number of hydrogen-bond acceptors (Lipinski definition) is 5. The maximum absolute atomic E-state index is 11.4. The molecule has 1 aromatic carbocycles. The summed E-state index contributed by atoms with van der Waals surface area (Å²) < 4.78 is 4.71. The van der Waals surface area contributed by atoms with E-state index in [1.54, 1.807) is 11.8 Å². The first-order chi connectivity index (χ1) is 9.62. The van der Waals surface area contributed by atoms with Gasteiger partial charge in [-0.1, -0.05) is 24.3 Å². The average Bonchev–Trinajstić information content (AvgIpc) is 2.47. The highest BCUT2D eigenvalue weighted by Crippen LogP contribution is 2.13. The molecular weight excluding hydrogens is 274 g/mol. The van der Waals surface area contributed by atoms with Gasteiger partial charge in [0.05, 0.1) is 20.1 Å². The number of hydrogen-bond donors (Lipinski definition) is 2. The van der Waals surface area contributed by atoms with Crippen LogP contribution >= 0.6 is 11.8 Å². The Kier molecular flexibility index (Phi) is 7.65. The van der Waals surface area contributed by atoms with Gasteiger partial charge in [-0.25, -0.2) is 0 Å². The topological polar surface area (TPSA) is 58.6 Å². The highest BCUT2D eigenvalue weighted by Gasteiger charge is 2.15. The van der Waals surface area contributed by atoms with Crippen molar-refractivity contribution in [2.45, 2.75) is 31.2 Å². The first-order valence-electron chi connectivity index (χ1n) is 6.63. The summed E-state index contributed by atoms with van der Waals surface area (Å²) in [4.78, 5) is 11.4. The summed E-state index contributed by atoms with van der Waals surface area (Å²) in [6.45, 7) is 2.88. The second kappa shape index (κ2) is 9.00. The Morgan fingerprint density at radius 2 is 2.05 bits per heavy atom. The summed E-state index contributed by atoms with van der Waals surface area (Å²) in [5, 5.41) is 12.8. The number of rotatable bonds is 8. The van der Waals surface area contributed by atoms with E-state index in [9.17, 15) is 9.90 Å². The summed E-state index contributed by atoms with van der Waals surface area (Å²) in [6.07, 6.45) is 2.28. The van der Waals surface area contributed by atoms with E-state index < -0.39 is 0 Å². The molecule has 2 unspecified atom stereocenters. The molecule has 1 rings (SSSR count). The lowest BCUT2D eigenvalue weighted by Gasteiger charge is -2.22. The second-order valence-corrected chi connectivity index (χ2v) is 5.72. The molecule has 5 heteroatoms. The quantitative estimate of drug-likeness (QED) is 0.714. The van der Waals surface area contributed by atoms with E-state index in [-0.39, 0.29) is 30.3 Å². The lowest BCUT2D eigenvalue weighted by atomic mass is 10.0. The molecule has 0 aromatic heterocycles. The summed E-state index contributed by atoms with van der Waals surface area (Å²) in [5.41, 5.74) is 2.06. The van der Waals surface area contributed by atoms with Crippen molar-refractivity contribution in [1.82, 2.24) is 5.32 Å². The minimum Gasteiger partial charge on any atom is -0.469 e. The van der Waals surface area contributed by atoms with Gasteiger partial charge in [-0.15, -0.1) is 0 Å². The van der Waals surface area contributed by atoms with Gasteiger partial charge >= 0.3 is 5.97 Å². The highest BCUT2D eigenvalue weighted by atomic mass is 32.2. The minimum absolute atomic E-state index is 0.152. The number of carbonyl (C=O) groups excluding carboxylic acids is 1. The van der Waals surface area contributed by atoms with Gasteiger partial charge in [-0.05, 0) is 24.3 Å². The van der Waals surface area contributed by atoms with Crippen molar-refractivity contribution in [3.63, 3.8) is 0 Å². The second-order valence-electron chi connectivity index (χ2n) is 4.65. The van der Waals surface area contributed by atoms with Gasteiger partial charge in [0.2, 0.25) is 0 Å². The molecule has 2 atom stereocenters. The molecule has 20 heavy (non-hydrogen) atoms. The largest absolute Gasteiger partial charge is 0.469 e. The molecule has 2 N–H and O–H groups in total. The van der Waals surface area contributed by atoms with Crippen molar-refractivity contribution >= 4 is 17.7 Å². The number of aliphatic hydroxyl groups excluding tert-OH is 1. The predicted octanol–water partition coefficient (Wildman–Crippen LogP) is 1.60. The van der Waals surface area contributed by atoms with Gasteiger partial charge in [0.1, 0.15) is 0 Å². The van der Waals surface area contributed by atoms with E-state index in [1.165, 1.54) is 7.11 Å². The summed E-state index contributed by atoms with van der Waals surface area (Å²) in [5.74, 6) is -0.233. The number of ether oxygens (including phenoxy) is 1. The Morgan fingerprint density at radius 3 is 2.60 bits per heavy atom. The number of nitrogens with one attached hydrogen (secondary N) is 1. The maximum atomic E-state index is 11.4. The SMILES string of the molecule is COC(=O)Cc1ccccc1CNC(C)C(CO)SC. The number of aliphatic hydroxyl groups is 1. The van der Waals surface area contributed by atoms with Crippen molar-refractivity contribution in [3.8, 4) is 0 Å². The van der Waals surface area contributed by atoms with Crippen LogP contribution in [0.3, 0.4) is 0 Å². The average molecular weight is 297 g/mol. The molecule has 112 valence electrons. The minimum atomic E-state index is -0.233. The molecule has 0 amide bonds. The molecule has 0 aliphatic rings. The first kappa shape index (κ1) is 17.0. The van der Waals surface area contributed by atoms with Crippen LogP contribution in [0.4, 0.5) is 0 Å². The van der Waals surface area contributed by atoms with E-state index in [1.807, 2.05) is 30.5 Å². The fourth-order valence-electron chi connectivity index (χ4n) is 1.97. The van der Waals surface area contributed by atoms with Gasteiger partial charge in [-0.2, -0.15) is 11.8 Å². The Labute approximate surface area is 124 Å². The Morgan fingerprint density at radius 1 is 1.40 bits per heavy atom. The van der Waals surface area contributed by atoms with Crippen molar-refractivity contribution in [2.75, 3.05) is 20.0 Å². The number of methoxy groups -OCH3 is 1. The monoisotopic (exact) mass is 297 g/mol. The van der Waals surface area contributed by atoms with Gasteiger partial charge < -0.3 is 15.2 Å². The van der Waals surface area contributed by atoms with Gasteiger partial charge in [0.25, 0.3) is 0 Å². The molecule has 0 saturated heterocycles. The number of esters is 1. The number of thioether (sulfide) groups is 1. The van der Waals surface area contributed by atoms with E-state index in [0.29, 0.717) is 6.54 Å². The van der Waals surface area contributed by atoms with Gasteiger partial charge in [0.15, 0.2) is 0 Å². The maximum Gasteiger partial charge on any atom is 0.309 e. The zero-order valence-corrected chi connectivity index (χ0v) is 13.1. The van der Waals surface area contributed by atoms with Crippen LogP contribution in [-0.4, -0.2) is 42.3 Å². The molecular formula is C15H23NO3S. The summed E-state index contributed by atoms with van der Waals surface area (Å²) in [6, 6.07) is 8.02. The third-order valence-corrected chi connectivity index (χ3v) is 4.50. The molecule has 1 aromatic rings. The standard InChI is InChI=1S/C15H23NO3S/c1-11(14(10-17)20-3)16-9-13-7-5-4-6-12(13)8-15(18)19-2/h4-7,11,14,16-17H,8-10H2,1-3H3. The number of benzene rings is 1. The van der Waals surface area contributed by atoms with Crippen LogP contribution in [0.2, 0.25) is 0 Å². The van der Waals surface area contributed by atoms with Gasteiger partial charge in [0, 0.05) is 17.8 Å². The zero-order valence-electron chi connectivity index (χ0n) is 12.3. The molecule has 4 nitrogen and oxygen atoms in total. The van der Waals surface area contributed by atoms with E-state index in [2.05, 4.69) is 12.2 Å². The van der Waals surface area contributed by atoms with Gasteiger partial charge in [-0.3, -0.25) is 4.79 Å². The molecule has 0 heterocycles. The van der Waals surface area contributed by atoms with Crippen molar-refractivity contribution in [3.05, 3.63) is 35.4 Å². The van der Waals surface area contributed by atoms with E-state index >= 15 is 0 Å². The highest BCUT2D eigenvalue weighted by molar-refractivity contribution is 7.99. The fourth-order valence-corrected chi connectivity index (χ4v) is 2.62. The summed E-state index contributed by atoms with van der Waals surface area (Å²) in [7, 11) is 1.40. The van der Waals surface area contributed by atoms with Crippen LogP contribution in [0, 0.1) is 0 Å². The molecule has 0 radical (unpaired) electrons. The molecule has 0 bridgehead atoms. The van der Waals surface area contributed by atoms with Crippen molar-refractivity contribution < 1.29 is 14.6 Å². The smallest absolute Gasteiger partial charge is 0.309 e. The Bertz CT molecular complexity index is 421. The molecule has 0 saturated carbocycles. The zero-order chi connectivity index (χ0) is 15.0. The van der Waals surface area contributed by atoms with Crippen LogP contribution < -0.4 is 5.32 Å². The predicted molar refractivity (Wildman–Crippen MR) is 82.9 cm³/mol. The van der Waals surface area contributed by atoms with Crippen molar-refractivity contribution in [2.24, 2.45) is 0 Å². The van der Waals surface area contributed by atoms with Crippen LogP contribution in [0.5, 0.6) is 0 Å². The van der Waals surface area contributed by atoms with Crippen LogP contribution in [0.1, 0.15) is 18.1 Å². The van der Waals surface area contributed by atoms with Crippen LogP contribution in [0.15, 0.2) is 24.3 Å². The number of carbonyl (C=O) groups is 1. The summed E-state index contributed by atoms with van der Waals surface area (Å²) >= 11 is 1.65. The van der Waals surface area contributed by atoms with Crippen molar-refractivity contribution in [1.29, 1.82) is 0 Å². The third-order valence-electron chi connectivity index (χ3n) is 3.34. The Hall–Kier alpha value is -1.04. The first-order valence-corrected chi connectivity index (χ1v) is 7.91. The van der Waals surface area contributed by atoms with Crippen LogP contribution in [0.25, 0.3) is 0 Å². The van der Waals surface area contributed by atoms with Crippen LogP contribution in [-0.2, 0) is 22.5 Å². The van der Waals surface area contributed by atoms with E-state index in [0.717, 1.165) is 11.1 Å². The lowest BCUT2D eigenvalue weighted by Crippen LogP contribution is -2.37. The molecule has 0 spiro atoms. The molecule has 0 fully saturated rings. The normalized spacial score (nSPS) is 13.8. The molecule has 0 aliphatic heterocycles. The van der Waals surface area contributed by atoms with E-state index in [4.69, 9.17) is 4.74 Å². The third kappa shape index (κ3) is 5.15. The fraction of sp³-hybridized carbons (Fsp3) is 0.533. The molecule has 0 aliphatic carbocycles. The lowest BCUT2D eigenvalue weighted by molar-refractivity contribution is -0.139. The Balaban J connectivity index is 2.65.